The van der Waals surface area contributed by atoms with Crippen LogP contribution in [0.2, 0.25) is 0 Å². The molecule has 0 aliphatic carbocycles. The topological polar surface area (TPSA) is 78.9 Å². The Kier molecular flexibility index (Phi) is 61.2. The Morgan fingerprint density at radius 1 is 0.276 bits per heavy atom. The fourth-order valence-corrected chi connectivity index (χ4v) is 9.25. The average molecular weight is 1060 g/mol. The van der Waals surface area contributed by atoms with Crippen molar-refractivity contribution in [1.82, 2.24) is 0 Å². The molecule has 0 fully saturated rings. The summed E-state index contributed by atoms with van der Waals surface area (Å²) in [5.74, 6) is -0.893. The Balaban J connectivity index is 4.29. The van der Waals surface area contributed by atoms with Gasteiger partial charge in [0.2, 0.25) is 0 Å². The van der Waals surface area contributed by atoms with E-state index in [1.165, 1.54) is 167 Å². The summed E-state index contributed by atoms with van der Waals surface area (Å²) in [5.41, 5.74) is 0. The van der Waals surface area contributed by atoms with Gasteiger partial charge in [-0.3, -0.25) is 14.4 Å². The maximum atomic E-state index is 12.9. The summed E-state index contributed by atoms with van der Waals surface area (Å²) in [6.45, 7) is 6.51. The van der Waals surface area contributed by atoms with Gasteiger partial charge in [-0.15, -0.1) is 0 Å². The number of esters is 3. The summed E-state index contributed by atoms with van der Waals surface area (Å²) in [4.78, 5) is 38.3. The lowest BCUT2D eigenvalue weighted by atomic mass is 10.0. The second kappa shape index (κ2) is 64.1. The van der Waals surface area contributed by atoms with E-state index in [0.29, 0.717) is 19.3 Å². The molecule has 0 aromatic heterocycles. The molecule has 0 heterocycles. The van der Waals surface area contributed by atoms with Crippen LogP contribution < -0.4 is 0 Å². The van der Waals surface area contributed by atoms with Gasteiger partial charge < -0.3 is 14.2 Å². The molecule has 0 rings (SSSR count). The van der Waals surface area contributed by atoms with Gasteiger partial charge in [-0.05, 0) is 89.9 Å². The van der Waals surface area contributed by atoms with E-state index in [0.717, 1.165) is 116 Å². The molecule has 0 spiro atoms. The molecule has 0 amide bonds. The second-order valence-electron chi connectivity index (χ2n) is 21.6. The van der Waals surface area contributed by atoms with Crippen LogP contribution in [0.4, 0.5) is 0 Å². The molecule has 0 aromatic rings. The number of carbonyl (C=O) groups is 3. The first-order valence-corrected chi connectivity index (χ1v) is 32.6. The van der Waals surface area contributed by atoms with E-state index in [1.54, 1.807) is 0 Å². The minimum Gasteiger partial charge on any atom is -0.462 e. The molecule has 0 saturated carbocycles. The van der Waals surface area contributed by atoms with Crippen LogP contribution >= 0.6 is 0 Å². The van der Waals surface area contributed by atoms with Crippen molar-refractivity contribution in [2.45, 2.75) is 329 Å². The number of rotatable bonds is 59. The predicted octanol–water partition coefficient (Wildman–Crippen LogP) is 22.3. The molecular formula is C70H122O6. The summed E-state index contributed by atoms with van der Waals surface area (Å²) < 4.78 is 16.9. The minimum atomic E-state index is -0.786. The maximum Gasteiger partial charge on any atom is 0.306 e. The summed E-state index contributed by atoms with van der Waals surface area (Å²) in [6.07, 6.45) is 84.5. The molecule has 0 aliphatic rings. The molecule has 0 bridgehead atoms. The van der Waals surface area contributed by atoms with Crippen LogP contribution in [0.5, 0.6) is 0 Å². The van der Waals surface area contributed by atoms with Gasteiger partial charge in [0.05, 0.1) is 0 Å². The van der Waals surface area contributed by atoms with Crippen molar-refractivity contribution >= 4 is 17.9 Å². The highest BCUT2D eigenvalue weighted by Gasteiger charge is 2.19. The summed E-state index contributed by atoms with van der Waals surface area (Å²) in [6, 6.07) is 0. The highest BCUT2D eigenvalue weighted by Crippen LogP contribution is 2.17. The molecule has 1 unspecified atom stereocenters. The molecule has 1 atom stereocenters. The largest absolute Gasteiger partial charge is 0.462 e. The van der Waals surface area contributed by atoms with Crippen LogP contribution in [-0.2, 0) is 28.6 Å². The van der Waals surface area contributed by atoms with Crippen molar-refractivity contribution in [1.29, 1.82) is 0 Å². The van der Waals surface area contributed by atoms with Gasteiger partial charge in [-0.1, -0.05) is 298 Å². The second-order valence-corrected chi connectivity index (χ2v) is 21.6. The zero-order chi connectivity index (χ0) is 55.0. The van der Waals surface area contributed by atoms with Gasteiger partial charge in [-0.25, -0.2) is 0 Å². The lowest BCUT2D eigenvalue weighted by Crippen LogP contribution is -2.30. The minimum absolute atomic E-state index is 0.0832. The van der Waals surface area contributed by atoms with Gasteiger partial charge >= 0.3 is 17.9 Å². The Morgan fingerprint density at radius 3 is 0.855 bits per heavy atom. The third-order valence-corrected chi connectivity index (χ3v) is 14.1. The predicted molar refractivity (Wildman–Crippen MR) is 330 cm³/mol. The molecule has 0 radical (unpaired) electrons. The Labute approximate surface area is 471 Å². The first-order chi connectivity index (χ1) is 37.5. The van der Waals surface area contributed by atoms with E-state index >= 15 is 0 Å². The molecule has 6 heteroatoms. The third kappa shape index (κ3) is 61.4. The van der Waals surface area contributed by atoms with Crippen LogP contribution in [0.15, 0.2) is 85.1 Å². The molecule has 76 heavy (non-hydrogen) atoms. The summed E-state index contributed by atoms with van der Waals surface area (Å²) in [5, 5.41) is 0. The molecule has 438 valence electrons. The summed E-state index contributed by atoms with van der Waals surface area (Å²) in [7, 11) is 0. The fourth-order valence-electron chi connectivity index (χ4n) is 9.25. The SMILES string of the molecule is CC/C=C\C/C=C\C/C=C\C/C=C\C/C=C\C/C=C\CCCCCCCCC(=O)OCC(COC(=O)CCCCCCC/C=C\CCCC)OC(=O)CCCCCCCCCCCCCCCCCCCCCCCC. The van der Waals surface area contributed by atoms with Crippen LogP contribution in [0, 0.1) is 0 Å². The highest BCUT2D eigenvalue weighted by molar-refractivity contribution is 5.71. The van der Waals surface area contributed by atoms with Crippen molar-refractivity contribution < 1.29 is 28.6 Å². The quantitative estimate of drug-likeness (QED) is 0.0261. The zero-order valence-corrected chi connectivity index (χ0v) is 50.3. The van der Waals surface area contributed by atoms with E-state index in [2.05, 4.69) is 106 Å². The number of unbranched alkanes of at least 4 members (excludes halogenated alkanes) is 34. The maximum absolute atomic E-state index is 12.9. The lowest BCUT2D eigenvalue weighted by molar-refractivity contribution is -0.167. The molecular weight excluding hydrogens is 937 g/mol. The van der Waals surface area contributed by atoms with Crippen molar-refractivity contribution in [2.75, 3.05) is 13.2 Å². The normalized spacial score (nSPS) is 12.6. The monoisotopic (exact) mass is 1060 g/mol. The van der Waals surface area contributed by atoms with E-state index < -0.39 is 6.10 Å². The Bertz CT molecular complexity index is 1450. The Hall–Kier alpha value is -3.41. The van der Waals surface area contributed by atoms with E-state index in [-0.39, 0.29) is 31.1 Å². The van der Waals surface area contributed by atoms with E-state index in [9.17, 15) is 14.4 Å². The van der Waals surface area contributed by atoms with E-state index in [4.69, 9.17) is 14.2 Å². The zero-order valence-electron chi connectivity index (χ0n) is 50.3. The number of hydrogen-bond acceptors (Lipinski definition) is 6. The van der Waals surface area contributed by atoms with Crippen molar-refractivity contribution in [3.05, 3.63) is 85.1 Å². The van der Waals surface area contributed by atoms with Crippen LogP contribution in [-0.4, -0.2) is 37.2 Å². The molecule has 0 saturated heterocycles. The Morgan fingerprint density at radius 2 is 0.526 bits per heavy atom. The summed E-state index contributed by atoms with van der Waals surface area (Å²) >= 11 is 0. The van der Waals surface area contributed by atoms with Gasteiger partial charge in [0.25, 0.3) is 0 Å². The number of ether oxygens (including phenoxy) is 3. The molecule has 6 nitrogen and oxygen atoms in total. The number of allylic oxidation sites excluding steroid dienone is 14. The molecule has 0 aromatic carbocycles. The lowest BCUT2D eigenvalue weighted by Gasteiger charge is -2.18. The van der Waals surface area contributed by atoms with Crippen LogP contribution in [0.1, 0.15) is 323 Å². The third-order valence-electron chi connectivity index (χ3n) is 14.1. The molecule has 0 N–H and O–H groups in total. The highest BCUT2D eigenvalue weighted by atomic mass is 16.6. The average Bonchev–Trinajstić information content (AvgIpc) is 3.42. The van der Waals surface area contributed by atoms with Crippen molar-refractivity contribution in [2.24, 2.45) is 0 Å². The van der Waals surface area contributed by atoms with Crippen molar-refractivity contribution in [3.63, 3.8) is 0 Å². The van der Waals surface area contributed by atoms with Crippen LogP contribution in [0.3, 0.4) is 0 Å². The first-order valence-electron chi connectivity index (χ1n) is 32.6. The van der Waals surface area contributed by atoms with Gasteiger partial charge in [-0.2, -0.15) is 0 Å². The smallest absolute Gasteiger partial charge is 0.306 e. The van der Waals surface area contributed by atoms with Crippen molar-refractivity contribution in [3.8, 4) is 0 Å². The molecule has 0 aliphatic heterocycles. The number of hydrogen-bond donors (Lipinski definition) is 0. The number of carbonyl (C=O) groups excluding carboxylic acids is 3. The van der Waals surface area contributed by atoms with Gasteiger partial charge in [0.15, 0.2) is 6.10 Å². The fraction of sp³-hybridized carbons (Fsp3) is 0.757. The first kappa shape index (κ1) is 72.6. The van der Waals surface area contributed by atoms with Crippen LogP contribution in [0.25, 0.3) is 0 Å². The standard InChI is InChI=1S/C70H122O6/c1-4-7-10-13-16-19-22-24-26-28-30-32-34-35-36-38-39-41-43-45-48-51-54-57-60-63-69(72)75-66-67(65-74-68(71)62-59-56-53-50-47-21-18-15-12-9-6-3)76-70(73)64-61-58-55-52-49-46-44-42-40-37-33-31-29-27-25-23-20-17-14-11-8-5-2/h7,10,15-16,18-19,24,26,30,32,35-36,39,41,67H,4-6,8-9,11-14,17,20-23,25,27-29,31,33-34,37-38,40,42-66H2,1-3H3/b10-7-,18-15-,19-16-,26-24-,32-30-,36-35-,41-39-. The van der Waals surface area contributed by atoms with Gasteiger partial charge in [0.1, 0.15) is 13.2 Å². The van der Waals surface area contributed by atoms with E-state index in [1.807, 2.05) is 0 Å². The van der Waals surface area contributed by atoms with Gasteiger partial charge in [0, 0.05) is 19.3 Å².